The number of nitrogens with zero attached hydrogens (tertiary/aromatic N) is 2. The van der Waals surface area contributed by atoms with Gasteiger partial charge in [-0.3, -0.25) is 0 Å². The Kier molecular flexibility index (Phi) is 3.74. The average molecular weight is 235 g/mol. The first-order valence-electron chi connectivity index (χ1n) is 6.09. The molecule has 0 saturated carbocycles. The van der Waals surface area contributed by atoms with Crippen LogP contribution in [-0.4, -0.2) is 45.2 Å². The molecule has 94 valence electrons. The second-order valence-corrected chi connectivity index (χ2v) is 4.72. The molecule has 2 rings (SSSR count). The van der Waals surface area contributed by atoms with E-state index in [2.05, 4.69) is 23.9 Å². The maximum Gasteiger partial charge on any atom is 0.142 e. The second-order valence-electron chi connectivity index (χ2n) is 4.72. The molecule has 0 saturated heterocycles. The Hall–Kier alpha value is -1.42. The van der Waals surface area contributed by atoms with E-state index in [1.807, 2.05) is 18.2 Å². The molecule has 0 atom stereocenters. The van der Waals surface area contributed by atoms with Crippen molar-refractivity contribution in [2.24, 2.45) is 0 Å². The maximum absolute atomic E-state index is 5.86. The van der Waals surface area contributed by atoms with Gasteiger partial charge in [0.05, 0.1) is 12.3 Å². The predicted octanol–water partition coefficient (Wildman–Crippen LogP) is 1.42. The van der Waals surface area contributed by atoms with Crippen molar-refractivity contribution in [2.45, 2.75) is 6.42 Å². The van der Waals surface area contributed by atoms with Crippen LogP contribution in [-0.2, 0) is 0 Å². The molecular formula is C13H21N3O. The van der Waals surface area contributed by atoms with Crippen molar-refractivity contribution in [1.82, 2.24) is 4.90 Å². The van der Waals surface area contributed by atoms with Gasteiger partial charge in [0, 0.05) is 25.3 Å². The average Bonchev–Trinajstić information content (AvgIpc) is 2.48. The molecule has 1 aliphatic rings. The van der Waals surface area contributed by atoms with Crippen molar-refractivity contribution in [1.29, 1.82) is 0 Å². The Morgan fingerprint density at radius 1 is 1.41 bits per heavy atom. The Labute approximate surface area is 103 Å². The number of anilines is 2. The summed E-state index contributed by atoms with van der Waals surface area (Å²) in [5.74, 6) is 0.954. The topological polar surface area (TPSA) is 41.7 Å². The zero-order valence-electron chi connectivity index (χ0n) is 10.6. The summed E-state index contributed by atoms with van der Waals surface area (Å²) in [7, 11) is 4.18. The SMILES string of the molecule is CN(C)CCN1CCCOc2ccc(N)cc21. The van der Waals surface area contributed by atoms with Crippen molar-refractivity contribution < 1.29 is 4.74 Å². The molecule has 0 aromatic heterocycles. The lowest BCUT2D eigenvalue weighted by Crippen LogP contribution is -2.32. The summed E-state index contributed by atoms with van der Waals surface area (Å²) in [6, 6.07) is 5.88. The summed E-state index contributed by atoms with van der Waals surface area (Å²) in [4.78, 5) is 4.55. The molecule has 4 nitrogen and oxygen atoms in total. The Balaban J connectivity index is 2.19. The number of nitrogens with two attached hydrogens (primary N) is 1. The molecule has 1 aromatic carbocycles. The Bertz CT molecular complexity index is 379. The fourth-order valence-electron chi connectivity index (χ4n) is 2.01. The van der Waals surface area contributed by atoms with E-state index in [4.69, 9.17) is 10.5 Å². The molecule has 1 aromatic rings. The van der Waals surface area contributed by atoms with Crippen molar-refractivity contribution in [3.05, 3.63) is 18.2 Å². The van der Waals surface area contributed by atoms with Gasteiger partial charge in [0.1, 0.15) is 5.75 Å². The van der Waals surface area contributed by atoms with Gasteiger partial charge in [0.2, 0.25) is 0 Å². The van der Waals surface area contributed by atoms with Crippen LogP contribution in [0.3, 0.4) is 0 Å². The number of fused-ring (bicyclic) bond motifs is 1. The first-order chi connectivity index (χ1) is 8.16. The minimum Gasteiger partial charge on any atom is -0.491 e. The van der Waals surface area contributed by atoms with Crippen LogP contribution in [0.1, 0.15) is 6.42 Å². The highest BCUT2D eigenvalue weighted by molar-refractivity contribution is 5.65. The smallest absolute Gasteiger partial charge is 0.142 e. The fraction of sp³-hybridized carbons (Fsp3) is 0.538. The Morgan fingerprint density at radius 2 is 2.24 bits per heavy atom. The lowest BCUT2D eigenvalue weighted by atomic mass is 10.2. The lowest BCUT2D eigenvalue weighted by Gasteiger charge is -2.25. The summed E-state index contributed by atoms with van der Waals surface area (Å²) in [5, 5.41) is 0. The van der Waals surface area contributed by atoms with E-state index in [1.165, 1.54) is 0 Å². The first-order valence-corrected chi connectivity index (χ1v) is 6.09. The minimum atomic E-state index is 0.787. The summed E-state index contributed by atoms with van der Waals surface area (Å²) >= 11 is 0. The highest BCUT2D eigenvalue weighted by Crippen LogP contribution is 2.32. The van der Waals surface area contributed by atoms with Crippen LogP contribution >= 0.6 is 0 Å². The molecule has 0 spiro atoms. The molecule has 0 amide bonds. The van der Waals surface area contributed by atoms with Gasteiger partial charge in [-0.05, 0) is 38.7 Å². The number of ether oxygens (including phenoxy) is 1. The molecule has 1 aliphatic heterocycles. The summed E-state index contributed by atoms with van der Waals surface area (Å²) < 4.78 is 5.73. The monoisotopic (exact) mass is 235 g/mol. The van der Waals surface area contributed by atoms with Crippen LogP contribution in [0.5, 0.6) is 5.75 Å². The number of likely N-dealkylation sites (N-methyl/N-ethyl adjacent to an activating group) is 1. The van der Waals surface area contributed by atoms with E-state index in [1.54, 1.807) is 0 Å². The third-order valence-electron chi connectivity index (χ3n) is 2.97. The van der Waals surface area contributed by atoms with E-state index in [-0.39, 0.29) is 0 Å². The van der Waals surface area contributed by atoms with Crippen molar-refractivity contribution in [3.8, 4) is 5.75 Å². The summed E-state index contributed by atoms with van der Waals surface area (Å²) in [5.41, 5.74) is 7.78. The van der Waals surface area contributed by atoms with Gasteiger partial charge < -0.3 is 20.3 Å². The number of nitrogen functional groups attached to an aromatic ring is 1. The van der Waals surface area contributed by atoms with E-state index in [9.17, 15) is 0 Å². The van der Waals surface area contributed by atoms with Gasteiger partial charge in [-0.1, -0.05) is 0 Å². The molecule has 17 heavy (non-hydrogen) atoms. The number of hydrogen-bond acceptors (Lipinski definition) is 4. The minimum absolute atomic E-state index is 0.787. The third kappa shape index (κ3) is 3.03. The van der Waals surface area contributed by atoms with Crippen LogP contribution in [0.4, 0.5) is 11.4 Å². The Morgan fingerprint density at radius 3 is 3.00 bits per heavy atom. The van der Waals surface area contributed by atoms with Gasteiger partial charge in [-0.25, -0.2) is 0 Å². The van der Waals surface area contributed by atoms with E-state index in [0.717, 1.165) is 49.8 Å². The lowest BCUT2D eigenvalue weighted by molar-refractivity contribution is 0.322. The van der Waals surface area contributed by atoms with Crippen molar-refractivity contribution >= 4 is 11.4 Å². The summed E-state index contributed by atoms with van der Waals surface area (Å²) in [6.45, 7) is 3.86. The molecule has 0 bridgehead atoms. The number of benzene rings is 1. The molecule has 2 N–H and O–H groups in total. The zero-order chi connectivity index (χ0) is 12.3. The van der Waals surface area contributed by atoms with Crippen LogP contribution < -0.4 is 15.4 Å². The highest BCUT2D eigenvalue weighted by atomic mass is 16.5. The molecule has 0 radical (unpaired) electrons. The largest absolute Gasteiger partial charge is 0.491 e. The molecule has 0 unspecified atom stereocenters. The molecular weight excluding hydrogens is 214 g/mol. The fourth-order valence-corrected chi connectivity index (χ4v) is 2.01. The van der Waals surface area contributed by atoms with Crippen LogP contribution in [0, 0.1) is 0 Å². The van der Waals surface area contributed by atoms with Gasteiger partial charge >= 0.3 is 0 Å². The van der Waals surface area contributed by atoms with E-state index >= 15 is 0 Å². The standard InChI is InChI=1S/C13H21N3O/c1-15(2)7-8-16-6-3-9-17-13-5-4-11(14)10-12(13)16/h4-5,10H,3,6-9,14H2,1-2H3. The van der Waals surface area contributed by atoms with E-state index in [0.29, 0.717) is 0 Å². The quantitative estimate of drug-likeness (QED) is 0.805. The van der Waals surface area contributed by atoms with Gasteiger partial charge in [0.25, 0.3) is 0 Å². The molecule has 4 heteroatoms. The highest BCUT2D eigenvalue weighted by Gasteiger charge is 2.16. The third-order valence-corrected chi connectivity index (χ3v) is 2.97. The molecule has 0 fully saturated rings. The van der Waals surface area contributed by atoms with Crippen molar-refractivity contribution in [3.63, 3.8) is 0 Å². The first kappa shape index (κ1) is 12.0. The van der Waals surface area contributed by atoms with Crippen LogP contribution in [0.15, 0.2) is 18.2 Å². The second kappa shape index (κ2) is 5.27. The number of hydrogen-bond donors (Lipinski definition) is 1. The maximum atomic E-state index is 5.86. The zero-order valence-corrected chi connectivity index (χ0v) is 10.6. The normalized spacial score (nSPS) is 15.4. The van der Waals surface area contributed by atoms with Crippen LogP contribution in [0.2, 0.25) is 0 Å². The molecule has 1 heterocycles. The van der Waals surface area contributed by atoms with E-state index < -0.39 is 0 Å². The van der Waals surface area contributed by atoms with Gasteiger partial charge in [-0.15, -0.1) is 0 Å². The summed E-state index contributed by atoms with van der Waals surface area (Å²) in [6.07, 6.45) is 1.06. The predicted molar refractivity (Wildman–Crippen MR) is 71.7 cm³/mol. The van der Waals surface area contributed by atoms with Gasteiger partial charge in [0.15, 0.2) is 0 Å². The molecule has 0 aliphatic carbocycles. The number of rotatable bonds is 3. The van der Waals surface area contributed by atoms with Crippen LogP contribution in [0.25, 0.3) is 0 Å². The van der Waals surface area contributed by atoms with Crippen molar-refractivity contribution in [2.75, 3.05) is 51.0 Å². The van der Waals surface area contributed by atoms with Gasteiger partial charge in [-0.2, -0.15) is 0 Å².